The van der Waals surface area contributed by atoms with Crippen molar-refractivity contribution in [3.05, 3.63) is 15.6 Å². The van der Waals surface area contributed by atoms with Gasteiger partial charge in [0, 0.05) is 18.0 Å². The summed E-state index contributed by atoms with van der Waals surface area (Å²) in [5, 5.41) is 3.92. The molecule has 0 bridgehead atoms. The summed E-state index contributed by atoms with van der Waals surface area (Å²) in [6.07, 6.45) is 2.51. The van der Waals surface area contributed by atoms with Gasteiger partial charge in [-0.2, -0.15) is 0 Å². The molecule has 1 aliphatic carbocycles. The first-order valence-corrected chi connectivity index (χ1v) is 7.24. The van der Waals surface area contributed by atoms with Crippen LogP contribution in [0.25, 0.3) is 0 Å². The van der Waals surface area contributed by atoms with Gasteiger partial charge in [0.05, 0.1) is 12.2 Å². The summed E-state index contributed by atoms with van der Waals surface area (Å²) in [6.45, 7) is 6.70. The van der Waals surface area contributed by atoms with E-state index in [4.69, 9.17) is 0 Å². The maximum absolute atomic E-state index is 12.0. The van der Waals surface area contributed by atoms with Crippen LogP contribution < -0.4 is 5.32 Å². The van der Waals surface area contributed by atoms with Crippen molar-refractivity contribution in [1.82, 2.24) is 15.2 Å². The van der Waals surface area contributed by atoms with E-state index < -0.39 is 0 Å². The Labute approximate surface area is 112 Å². The molecule has 0 aliphatic heterocycles. The monoisotopic (exact) mass is 267 g/mol. The van der Waals surface area contributed by atoms with E-state index in [1.807, 2.05) is 18.9 Å². The van der Waals surface area contributed by atoms with E-state index in [-0.39, 0.29) is 6.03 Å². The van der Waals surface area contributed by atoms with Gasteiger partial charge in [-0.15, -0.1) is 11.3 Å². The fourth-order valence-corrected chi connectivity index (χ4v) is 2.84. The third-order valence-electron chi connectivity index (χ3n) is 3.70. The average molecular weight is 267 g/mol. The van der Waals surface area contributed by atoms with E-state index in [0.29, 0.717) is 18.5 Å². The van der Waals surface area contributed by atoms with Crippen molar-refractivity contribution in [2.45, 2.75) is 46.2 Å². The van der Waals surface area contributed by atoms with Crippen molar-refractivity contribution >= 4 is 17.4 Å². The molecule has 2 rings (SSSR count). The smallest absolute Gasteiger partial charge is 0.317 e. The first kappa shape index (κ1) is 13.3. The second-order valence-electron chi connectivity index (χ2n) is 5.10. The molecular formula is C13H21N3OS. The molecule has 1 aromatic rings. The minimum atomic E-state index is -0.0000869. The molecule has 1 N–H and O–H groups in total. The van der Waals surface area contributed by atoms with Gasteiger partial charge in [-0.3, -0.25) is 0 Å². The molecule has 0 spiro atoms. The number of nitrogens with zero attached hydrogens (tertiary/aromatic N) is 2. The van der Waals surface area contributed by atoms with Crippen LogP contribution in [0.4, 0.5) is 4.79 Å². The van der Waals surface area contributed by atoms with Gasteiger partial charge in [0.2, 0.25) is 0 Å². The summed E-state index contributed by atoms with van der Waals surface area (Å²) in [5.74, 6) is 0.699. The Morgan fingerprint density at radius 2 is 2.22 bits per heavy atom. The predicted molar refractivity (Wildman–Crippen MR) is 73.8 cm³/mol. The normalized spacial score (nSPS) is 16.4. The van der Waals surface area contributed by atoms with Crippen LogP contribution in [-0.2, 0) is 6.54 Å². The molecule has 1 saturated carbocycles. The number of thiazole rings is 1. The van der Waals surface area contributed by atoms with Gasteiger partial charge in [-0.25, -0.2) is 9.78 Å². The maximum atomic E-state index is 12.0. The van der Waals surface area contributed by atoms with Gasteiger partial charge in [-0.1, -0.05) is 0 Å². The highest BCUT2D eigenvalue weighted by molar-refractivity contribution is 7.11. The van der Waals surface area contributed by atoms with Gasteiger partial charge >= 0.3 is 6.03 Å². The molecule has 1 aliphatic rings. The second kappa shape index (κ2) is 5.26. The SMILES string of the molecule is Cc1nc(CNC(=O)N(C)[C@H](C)C2CC2)sc1C. The van der Waals surface area contributed by atoms with Crippen LogP contribution >= 0.6 is 11.3 Å². The third-order valence-corrected chi connectivity index (χ3v) is 4.77. The quantitative estimate of drug-likeness (QED) is 0.911. The zero-order valence-electron chi connectivity index (χ0n) is 11.5. The lowest BCUT2D eigenvalue weighted by Gasteiger charge is -2.24. The number of amides is 2. The van der Waals surface area contributed by atoms with Crippen LogP contribution in [0, 0.1) is 19.8 Å². The zero-order chi connectivity index (χ0) is 13.3. The van der Waals surface area contributed by atoms with Crippen molar-refractivity contribution in [3.8, 4) is 0 Å². The van der Waals surface area contributed by atoms with Crippen LogP contribution in [0.15, 0.2) is 0 Å². The molecule has 4 nitrogen and oxygen atoms in total. The molecule has 0 saturated heterocycles. The summed E-state index contributed by atoms with van der Waals surface area (Å²) in [4.78, 5) is 19.4. The Morgan fingerprint density at radius 1 is 1.56 bits per heavy atom. The fourth-order valence-electron chi connectivity index (χ4n) is 1.97. The number of aryl methyl sites for hydroxylation is 2. The lowest BCUT2D eigenvalue weighted by Crippen LogP contribution is -2.42. The summed E-state index contributed by atoms with van der Waals surface area (Å²) >= 11 is 1.65. The topological polar surface area (TPSA) is 45.2 Å². The summed E-state index contributed by atoms with van der Waals surface area (Å²) in [7, 11) is 1.87. The Kier molecular flexibility index (Phi) is 3.90. The highest BCUT2D eigenvalue weighted by Crippen LogP contribution is 2.34. The first-order chi connectivity index (χ1) is 8.49. The number of carbonyl (C=O) groups is 1. The van der Waals surface area contributed by atoms with Crippen molar-refractivity contribution in [1.29, 1.82) is 0 Å². The third kappa shape index (κ3) is 3.02. The summed E-state index contributed by atoms with van der Waals surface area (Å²) < 4.78 is 0. The molecule has 0 unspecified atom stereocenters. The van der Waals surface area contributed by atoms with E-state index in [0.717, 1.165) is 10.7 Å². The minimum Gasteiger partial charge on any atom is -0.331 e. The molecule has 1 atom stereocenters. The highest BCUT2D eigenvalue weighted by atomic mass is 32.1. The number of hydrogen-bond acceptors (Lipinski definition) is 3. The van der Waals surface area contributed by atoms with E-state index >= 15 is 0 Å². The Balaban J connectivity index is 1.83. The Morgan fingerprint density at radius 3 is 2.72 bits per heavy atom. The Hall–Kier alpha value is -1.10. The number of carbonyl (C=O) groups excluding carboxylic acids is 1. The summed E-state index contributed by atoms with van der Waals surface area (Å²) in [6, 6.07) is 0.338. The van der Waals surface area contributed by atoms with Crippen molar-refractivity contribution < 1.29 is 4.79 Å². The zero-order valence-corrected chi connectivity index (χ0v) is 12.3. The molecule has 1 heterocycles. The molecular weight excluding hydrogens is 246 g/mol. The van der Waals surface area contributed by atoms with Crippen LogP contribution in [-0.4, -0.2) is 29.0 Å². The predicted octanol–water partition coefficient (Wildman–Crippen LogP) is 2.70. The second-order valence-corrected chi connectivity index (χ2v) is 6.38. The van der Waals surface area contributed by atoms with Crippen molar-refractivity contribution in [3.63, 3.8) is 0 Å². The number of aromatic nitrogens is 1. The van der Waals surface area contributed by atoms with Crippen molar-refractivity contribution in [2.75, 3.05) is 7.05 Å². The molecule has 5 heteroatoms. The average Bonchev–Trinajstić information content (AvgIpc) is 3.13. The van der Waals surface area contributed by atoms with Gasteiger partial charge in [0.1, 0.15) is 5.01 Å². The number of rotatable bonds is 4. The van der Waals surface area contributed by atoms with Gasteiger partial charge in [0.25, 0.3) is 0 Å². The van der Waals surface area contributed by atoms with Gasteiger partial charge in [-0.05, 0) is 39.5 Å². The maximum Gasteiger partial charge on any atom is 0.317 e. The number of nitrogens with one attached hydrogen (secondary N) is 1. The van der Waals surface area contributed by atoms with E-state index in [1.54, 1.807) is 11.3 Å². The standard InChI is InChI=1S/C13H21N3OS/c1-8-10(3)18-12(15-8)7-14-13(17)16(4)9(2)11-5-6-11/h9,11H,5-7H2,1-4H3,(H,14,17)/t9-/m1/s1. The molecule has 2 amide bonds. The molecule has 1 fully saturated rings. The van der Waals surface area contributed by atoms with Crippen LogP contribution in [0.3, 0.4) is 0 Å². The first-order valence-electron chi connectivity index (χ1n) is 6.42. The molecule has 0 radical (unpaired) electrons. The van der Waals surface area contributed by atoms with Crippen LogP contribution in [0.5, 0.6) is 0 Å². The molecule has 18 heavy (non-hydrogen) atoms. The molecule has 1 aromatic heterocycles. The number of hydrogen-bond donors (Lipinski definition) is 1. The lowest BCUT2D eigenvalue weighted by atomic mass is 10.2. The fraction of sp³-hybridized carbons (Fsp3) is 0.692. The molecule has 100 valence electrons. The summed E-state index contributed by atoms with van der Waals surface area (Å²) in [5.41, 5.74) is 1.06. The van der Waals surface area contributed by atoms with E-state index in [2.05, 4.69) is 24.1 Å². The number of urea groups is 1. The van der Waals surface area contributed by atoms with E-state index in [1.165, 1.54) is 17.7 Å². The lowest BCUT2D eigenvalue weighted by molar-refractivity contribution is 0.187. The highest BCUT2D eigenvalue weighted by Gasteiger charge is 2.32. The minimum absolute atomic E-state index is 0.0000869. The largest absolute Gasteiger partial charge is 0.331 e. The van der Waals surface area contributed by atoms with Gasteiger partial charge < -0.3 is 10.2 Å². The van der Waals surface area contributed by atoms with Crippen molar-refractivity contribution in [2.24, 2.45) is 5.92 Å². The van der Waals surface area contributed by atoms with E-state index in [9.17, 15) is 4.79 Å². The van der Waals surface area contributed by atoms with Crippen LogP contribution in [0.1, 0.15) is 35.3 Å². The van der Waals surface area contributed by atoms with Gasteiger partial charge in [0.15, 0.2) is 0 Å². The molecule has 0 aromatic carbocycles. The Bertz CT molecular complexity index is 420. The van der Waals surface area contributed by atoms with Crippen LogP contribution in [0.2, 0.25) is 0 Å².